The van der Waals surface area contributed by atoms with Crippen LogP contribution in [-0.4, -0.2) is 46.9 Å². The number of aliphatic hydroxyl groups is 2. The molecule has 0 saturated heterocycles. The van der Waals surface area contributed by atoms with E-state index in [4.69, 9.17) is 4.74 Å². The van der Waals surface area contributed by atoms with E-state index in [1.807, 2.05) is 6.08 Å². The highest BCUT2D eigenvalue weighted by Crippen LogP contribution is 2.16. The molecular weight excluding hydrogens is 803 g/mol. The number of carbonyl (C=O) groups is 2. The molecule has 3 atom stereocenters. The number of allylic oxidation sites excluding steroid dienone is 17. The molecule has 0 aliphatic heterocycles. The SMILES string of the molecule is CC/C=C/C/C=C/C/C=C/C/C=C/C/C=C/C(CC(=O)NC(CO)C(O)CCCCCCCCCCCCCCCCCC)OC(=O)CCCCC/C=C/C/C=C/C/C=C/C/C=C/CC. The first-order valence-corrected chi connectivity index (χ1v) is 26.6. The molecule has 0 aromatic heterocycles. The van der Waals surface area contributed by atoms with Gasteiger partial charge in [-0.05, 0) is 89.5 Å². The maximum absolute atomic E-state index is 13.2. The predicted molar refractivity (Wildman–Crippen MR) is 282 cm³/mol. The Balaban J connectivity index is 4.75. The van der Waals surface area contributed by atoms with E-state index in [9.17, 15) is 19.8 Å². The monoisotopic (exact) mass is 902 g/mol. The van der Waals surface area contributed by atoms with Gasteiger partial charge < -0.3 is 20.3 Å². The van der Waals surface area contributed by atoms with Crippen LogP contribution in [0.1, 0.15) is 226 Å². The van der Waals surface area contributed by atoms with E-state index in [-0.39, 0.29) is 24.9 Å². The zero-order chi connectivity index (χ0) is 47.4. The Labute approximate surface area is 400 Å². The molecule has 6 heteroatoms. The average Bonchev–Trinajstić information content (AvgIpc) is 3.30. The summed E-state index contributed by atoms with van der Waals surface area (Å²) in [5.74, 6) is -0.673. The minimum Gasteiger partial charge on any atom is -0.458 e. The van der Waals surface area contributed by atoms with Crippen LogP contribution in [0.4, 0.5) is 0 Å². The second kappa shape index (κ2) is 51.5. The summed E-state index contributed by atoms with van der Waals surface area (Å²) >= 11 is 0. The van der Waals surface area contributed by atoms with Gasteiger partial charge in [-0.3, -0.25) is 9.59 Å². The second-order valence-corrected chi connectivity index (χ2v) is 17.5. The molecule has 370 valence electrons. The summed E-state index contributed by atoms with van der Waals surface area (Å²) in [7, 11) is 0. The number of carbonyl (C=O) groups excluding carboxylic acids is 2. The number of nitrogens with one attached hydrogen (secondary N) is 1. The van der Waals surface area contributed by atoms with Crippen LogP contribution in [0, 0.1) is 0 Å². The number of rotatable bonds is 46. The van der Waals surface area contributed by atoms with Crippen molar-refractivity contribution in [2.75, 3.05) is 6.61 Å². The topological polar surface area (TPSA) is 95.9 Å². The van der Waals surface area contributed by atoms with E-state index < -0.39 is 18.2 Å². The van der Waals surface area contributed by atoms with Gasteiger partial charge >= 0.3 is 5.97 Å². The van der Waals surface area contributed by atoms with Gasteiger partial charge in [0.2, 0.25) is 5.91 Å². The summed E-state index contributed by atoms with van der Waals surface area (Å²) < 4.78 is 5.81. The molecular formula is C59H99NO5. The Morgan fingerprint density at radius 2 is 0.862 bits per heavy atom. The fraction of sp³-hybridized carbons (Fsp3) is 0.661. The Hall–Kier alpha value is -3.48. The van der Waals surface area contributed by atoms with Crippen molar-refractivity contribution in [3.05, 3.63) is 109 Å². The fourth-order valence-electron chi connectivity index (χ4n) is 7.38. The molecule has 0 spiro atoms. The zero-order valence-corrected chi connectivity index (χ0v) is 42.1. The zero-order valence-electron chi connectivity index (χ0n) is 42.1. The highest BCUT2D eigenvalue weighted by Gasteiger charge is 2.23. The molecule has 0 aliphatic carbocycles. The highest BCUT2D eigenvalue weighted by molar-refractivity contribution is 5.78. The minimum atomic E-state index is -0.832. The Bertz CT molecular complexity index is 1330. The lowest BCUT2D eigenvalue weighted by Gasteiger charge is -2.23. The summed E-state index contributed by atoms with van der Waals surface area (Å²) in [5, 5.41) is 23.8. The first-order valence-electron chi connectivity index (χ1n) is 26.6. The lowest BCUT2D eigenvalue weighted by molar-refractivity contribution is -0.148. The van der Waals surface area contributed by atoms with Crippen LogP contribution in [0.15, 0.2) is 109 Å². The smallest absolute Gasteiger partial charge is 0.306 e. The van der Waals surface area contributed by atoms with E-state index >= 15 is 0 Å². The number of esters is 1. The van der Waals surface area contributed by atoms with Crippen LogP contribution >= 0.6 is 0 Å². The maximum atomic E-state index is 13.2. The van der Waals surface area contributed by atoms with Gasteiger partial charge in [0, 0.05) is 6.42 Å². The summed E-state index contributed by atoms with van der Waals surface area (Å²) in [5.41, 5.74) is 0. The number of aliphatic hydroxyl groups excluding tert-OH is 2. The van der Waals surface area contributed by atoms with Crippen molar-refractivity contribution in [3.63, 3.8) is 0 Å². The van der Waals surface area contributed by atoms with Crippen molar-refractivity contribution in [3.8, 4) is 0 Å². The molecule has 0 aromatic carbocycles. The van der Waals surface area contributed by atoms with Gasteiger partial charge in [-0.15, -0.1) is 0 Å². The number of amides is 1. The first-order chi connectivity index (χ1) is 32.0. The molecule has 0 saturated carbocycles. The molecule has 6 nitrogen and oxygen atoms in total. The van der Waals surface area contributed by atoms with Crippen LogP contribution in [0.2, 0.25) is 0 Å². The van der Waals surface area contributed by atoms with Crippen molar-refractivity contribution in [2.45, 2.75) is 244 Å². The number of hydrogen-bond acceptors (Lipinski definition) is 5. The number of hydrogen-bond donors (Lipinski definition) is 3. The van der Waals surface area contributed by atoms with Crippen LogP contribution in [0.5, 0.6) is 0 Å². The Morgan fingerprint density at radius 1 is 0.477 bits per heavy atom. The minimum absolute atomic E-state index is 0.0649. The third-order valence-electron chi connectivity index (χ3n) is 11.3. The summed E-state index contributed by atoms with van der Waals surface area (Å²) in [6.45, 7) is 6.21. The lowest BCUT2D eigenvalue weighted by Crippen LogP contribution is -2.46. The number of unbranched alkanes of at least 4 members (excludes halogenated alkanes) is 18. The largest absolute Gasteiger partial charge is 0.458 e. The molecule has 65 heavy (non-hydrogen) atoms. The van der Waals surface area contributed by atoms with Crippen molar-refractivity contribution >= 4 is 11.9 Å². The average molecular weight is 902 g/mol. The molecule has 0 heterocycles. The fourth-order valence-corrected chi connectivity index (χ4v) is 7.38. The van der Waals surface area contributed by atoms with Crippen LogP contribution in [0.25, 0.3) is 0 Å². The maximum Gasteiger partial charge on any atom is 0.306 e. The van der Waals surface area contributed by atoms with Gasteiger partial charge in [-0.25, -0.2) is 0 Å². The standard InChI is InChI=1S/C59H99NO5/c1-4-7-10-13-16-19-22-25-28-30-33-36-39-42-45-48-51-57(62)56(54-61)60-58(63)53-55(50-47-44-41-38-35-32-27-24-21-18-15-12-9-6-3)65-59(64)52-49-46-43-40-37-34-31-29-26-23-20-17-14-11-8-5-2/h8-9,11-12,17-18,20-21,26-27,29,32,34,37-38,41,47,50,55-57,61-62H,4-7,10,13-16,19,22-25,28,30-31,33,35-36,39-40,42-46,48-49,51-54H2,1-3H3,(H,60,63)/b11-8+,12-9+,20-17+,21-18+,29-26+,32-27+,37-34+,41-38+,50-47+. The van der Waals surface area contributed by atoms with Crippen LogP contribution in [0.3, 0.4) is 0 Å². The lowest BCUT2D eigenvalue weighted by atomic mass is 10.0. The summed E-state index contributed by atoms with van der Waals surface area (Å²) in [6.07, 6.45) is 70.4. The highest BCUT2D eigenvalue weighted by atomic mass is 16.5. The van der Waals surface area contributed by atoms with E-state index in [0.29, 0.717) is 19.3 Å². The summed E-state index contributed by atoms with van der Waals surface area (Å²) in [6, 6.07) is -0.756. The quantitative estimate of drug-likeness (QED) is 0.0321. The van der Waals surface area contributed by atoms with Gasteiger partial charge in [0.05, 0.1) is 25.2 Å². The molecule has 3 N–H and O–H groups in total. The normalized spacial score (nSPS) is 14.1. The Morgan fingerprint density at radius 3 is 1.29 bits per heavy atom. The molecule has 0 fully saturated rings. The third-order valence-corrected chi connectivity index (χ3v) is 11.3. The molecule has 0 aromatic rings. The Kier molecular flexibility index (Phi) is 48.7. The molecule has 3 unspecified atom stereocenters. The molecule has 0 aliphatic rings. The van der Waals surface area contributed by atoms with Gasteiger partial charge in [0.15, 0.2) is 0 Å². The molecule has 0 rings (SSSR count). The molecule has 0 bridgehead atoms. The van der Waals surface area contributed by atoms with Crippen molar-refractivity contribution in [2.24, 2.45) is 0 Å². The van der Waals surface area contributed by atoms with E-state index in [0.717, 1.165) is 96.3 Å². The van der Waals surface area contributed by atoms with Gasteiger partial charge in [0.1, 0.15) is 6.10 Å². The van der Waals surface area contributed by atoms with Crippen molar-refractivity contribution in [1.82, 2.24) is 5.32 Å². The van der Waals surface area contributed by atoms with E-state index in [2.05, 4.69) is 123 Å². The molecule has 1 amide bonds. The first kappa shape index (κ1) is 61.5. The predicted octanol–water partition coefficient (Wildman–Crippen LogP) is 16.3. The van der Waals surface area contributed by atoms with Crippen LogP contribution < -0.4 is 5.32 Å². The van der Waals surface area contributed by atoms with Crippen molar-refractivity contribution < 1.29 is 24.5 Å². The van der Waals surface area contributed by atoms with Gasteiger partial charge in [-0.1, -0.05) is 233 Å². The second-order valence-electron chi connectivity index (χ2n) is 17.5. The molecule has 0 radical (unpaired) electrons. The van der Waals surface area contributed by atoms with Crippen molar-refractivity contribution in [1.29, 1.82) is 0 Å². The number of ether oxygens (including phenoxy) is 1. The van der Waals surface area contributed by atoms with Gasteiger partial charge in [0.25, 0.3) is 0 Å². The summed E-state index contributed by atoms with van der Waals surface area (Å²) in [4.78, 5) is 26.1. The van der Waals surface area contributed by atoms with E-state index in [1.54, 1.807) is 6.08 Å². The van der Waals surface area contributed by atoms with Gasteiger partial charge in [-0.2, -0.15) is 0 Å². The third kappa shape index (κ3) is 46.8. The van der Waals surface area contributed by atoms with Crippen LogP contribution in [-0.2, 0) is 14.3 Å². The van der Waals surface area contributed by atoms with E-state index in [1.165, 1.54) is 83.5 Å².